The molecule has 0 aliphatic carbocycles. The summed E-state index contributed by atoms with van der Waals surface area (Å²) < 4.78 is 8.65. The van der Waals surface area contributed by atoms with Crippen LogP contribution in [0.3, 0.4) is 0 Å². The molecule has 178 valence electrons. The van der Waals surface area contributed by atoms with Crippen molar-refractivity contribution in [3.8, 4) is 27.9 Å². The van der Waals surface area contributed by atoms with Crippen LogP contribution in [0.1, 0.15) is 0 Å². The number of furan rings is 1. The fourth-order valence-corrected chi connectivity index (χ4v) is 5.86. The predicted molar refractivity (Wildman–Crippen MR) is 159 cm³/mol. The molecule has 0 radical (unpaired) electrons. The lowest BCUT2D eigenvalue weighted by atomic mass is 9.98. The lowest BCUT2D eigenvalue weighted by Crippen LogP contribution is -1.95. The van der Waals surface area contributed by atoms with Gasteiger partial charge in [0.2, 0.25) is 0 Å². The van der Waals surface area contributed by atoms with Crippen molar-refractivity contribution in [2.75, 3.05) is 0 Å². The summed E-state index contributed by atoms with van der Waals surface area (Å²) in [5, 5.41) is 4.77. The van der Waals surface area contributed by atoms with Crippen molar-refractivity contribution in [2.45, 2.75) is 0 Å². The van der Waals surface area contributed by atoms with Crippen molar-refractivity contribution in [3.63, 3.8) is 0 Å². The lowest BCUT2D eigenvalue weighted by molar-refractivity contribution is 0.669. The molecule has 0 aliphatic rings. The number of hydrogen-bond acceptors (Lipinski definition) is 1. The second-order valence-corrected chi connectivity index (χ2v) is 9.78. The maximum atomic E-state index is 6.25. The van der Waals surface area contributed by atoms with Crippen LogP contribution in [0.2, 0.25) is 0 Å². The van der Waals surface area contributed by atoms with E-state index in [9.17, 15) is 0 Å². The van der Waals surface area contributed by atoms with Gasteiger partial charge in [0.15, 0.2) is 0 Å². The van der Waals surface area contributed by atoms with Crippen LogP contribution in [-0.2, 0) is 0 Å². The first kappa shape index (κ1) is 21.0. The zero-order valence-corrected chi connectivity index (χ0v) is 20.6. The molecule has 0 fully saturated rings. The molecular weight excluding hydrogens is 462 g/mol. The van der Waals surface area contributed by atoms with E-state index in [0.717, 1.165) is 27.6 Å². The molecule has 8 rings (SSSR count). The molecule has 2 heteroatoms. The topological polar surface area (TPSA) is 18.1 Å². The Morgan fingerprint density at radius 3 is 1.92 bits per heavy atom. The molecule has 0 saturated heterocycles. The molecule has 8 aromatic rings. The molecule has 0 N–H and O–H groups in total. The van der Waals surface area contributed by atoms with Gasteiger partial charge < -0.3 is 8.98 Å². The first-order chi connectivity index (χ1) is 18.8. The van der Waals surface area contributed by atoms with Crippen molar-refractivity contribution >= 4 is 43.7 Å². The highest BCUT2D eigenvalue weighted by atomic mass is 16.3. The van der Waals surface area contributed by atoms with Crippen molar-refractivity contribution in [2.24, 2.45) is 0 Å². The molecule has 0 amide bonds. The molecular formula is C36H23NO. The molecule has 0 unspecified atom stereocenters. The zero-order chi connectivity index (χ0) is 25.1. The Morgan fingerprint density at radius 2 is 1.03 bits per heavy atom. The Balaban J connectivity index is 1.42. The van der Waals surface area contributed by atoms with Crippen LogP contribution in [0, 0.1) is 0 Å². The van der Waals surface area contributed by atoms with Crippen molar-refractivity contribution in [3.05, 3.63) is 140 Å². The maximum Gasteiger partial charge on any atom is 0.137 e. The van der Waals surface area contributed by atoms with Crippen LogP contribution in [0.4, 0.5) is 0 Å². The van der Waals surface area contributed by atoms with Gasteiger partial charge in [-0.3, -0.25) is 0 Å². The number of aromatic nitrogens is 1. The molecule has 2 nitrogen and oxygen atoms in total. The van der Waals surface area contributed by atoms with Gasteiger partial charge in [0.25, 0.3) is 0 Å². The van der Waals surface area contributed by atoms with Crippen LogP contribution < -0.4 is 0 Å². The average Bonchev–Trinajstić information content (AvgIpc) is 3.53. The second-order valence-electron chi connectivity index (χ2n) is 9.78. The third-order valence-corrected chi connectivity index (χ3v) is 7.60. The van der Waals surface area contributed by atoms with Crippen LogP contribution in [0.15, 0.2) is 144 Å². The quantitative estimate of drug-likeness (QED) is 0.243. The molecule has 0 atom stereocenters. The van der Waals surface area contributed by atoms with E-state index in [1.807, 2.05) is 12.1 Å². The Labute approximate surface area is 220 Å². The van der Waals surface area contributed by atoms with E-state index in [1.54, 1.807) is 0 Å². The minimum absolute atomic E-state index is 0.904. The van der Waals surface area contributed by atoms with Crippen molar-refractivity contribution in [1.29, 1.82) is 0 Å². The number of benzene rings is 6. The Bertz CT molecular complexity index is 2130. The molecule has 6 aromatic carbocycles. The monoisotopic (exact) mass is 485 g/mol. The zero-order valence-electron chi connectivity index (χ0n) is 20.6. The van der Waals surface area contributed by atoms with Gasteiger partial charge in [0, 0.05) is 16.2 Å². The van der Waals surface area contributed by atoms with E-state index >= 15 is 0 Å². The van der Waals surface area contributed by atoms with Gasteiger partial charge in [-0.2, -0.15) is 0 Å². The summed E-state index contributed by atoms with van der Waals surface area (Å²) in [4.78, 5) is 0. The highest BCUT2D eigenvalue weighted by Gasteiger charge is 2.18. The van der Waals surface area contributed by atoms with Crippen LogP contribution >= 0.6 is 0 Å². The molecule has 0 aliphatic heterocycles. The number of nitrogens with zero attached hydrogens (tertiary/aromatic N) is 1. The summed E-state index contributed by atoms with van der Waals surface area (Å²) in [6, 6.07) is 49.6. The largest absolute Gasteiger partial charge is 0.456 e. The van der Waals surface area contributed by atoms with Gasteiger partial charge in [0.05, 0.1) is 22.1 Å². The summed E-state index contributed by atoms with van der Waals surface area (Å²) in [6.07, 6.45) is 0. The third kappa shape index (κ3) is 3.14. The number of para-hydroxylation sites is 2. The lowest BCUT2D eigenvalue weighted by Gasteiger charge is -2.11. The van der Waals surface area contributed by atoms with E-state index in [-0.39, 0.29) is 0 Å². The fraction of sp³-hybridized carbons (Fsp3) is 0. The average molecular weight is 486 g/mol. The Hall–Kier alpha value is -5.08. The van der Waals surface area contributed by atoms with Crippen LogP contribution in [-0.4, -0.2) is 4.57 Å². The van der Waals surface area contributed by atoms with E-state index in [4.69, 9.17) is 4.42 Å². The fourth-order valence-electron chi connectivity index (χ4n) is 5.86. The summed E-state index contributed by atoms with van der Waals surface area (Å²) in [7, 11) is 0. The van der Waals surface area contributed by atoms with Crippen molar-refractivity contribution < 1.29 is 4.42 Å². The second kappa shape index (κ2) is 8.22. The number of fused-ring (bicyclic) bond motifs is 6. The third-order valence-electron chi connectivity index (χ3n) is 7.60. The minimum atomic E-state index is 0.904. The highest BCUT2D eigenvalue weighted by molar-refractivity contribution is 6.14. The maximum absolute atomic E-state index is 6.25. The SMILES string of the molecule is c1ccc(-c2cccc(-c3ccc4c5ccccc5n(-c5cccc6oc7ccccc7c56)c4c3)c2)cc1. The first-order valence-corrected chi connectivity index (χ1v) is 12.9. The molecule has 38 heavy (non-hydrogen) atoms. The van der Waals surface area contributed by atoms with Crippen molar-refractivity contribution in [1.82, 2.24) is 4.57 Å². The summed E-state index contributed by atoms with van der Waals surface area (Å²) in [5.74, 6) is 0. The van der Waals surface area contributed by atoms with Gasteiger partial charge in [-0.15, -0.1) is 0 Å². The van der Waals surface area contributed by atoms with Gasteiger partial charge in [-0.25, -0.2) is 0 Å². The summed E-state index contributed by atoms with van der Waals surface area (Å²) in [6.45, 7) is 0. The molecule has 0 bridgehead atoms. The number of hydrogen-bond donors (Lipinski definition) is 0. The molecule has 0 saturated carbocycles. The first-order valence-electron chi connectivity index (χ1n) is 12.9. The van der Waals surface area contributed by atoms with E-state index in [1.165, 1.54) is 44.1 Å². The minimum Gasteiger partial charge on any atom is -0.456 e. The molecule has 2 heterocycles. The molecule has 2 aromatic heterocycles. The summed E-state index contributed by atoms with van der Waals surface area (Å²) >= 11 is 0. The van der Waals surface area contributed by atoms with Gasteiger partial charge in [-0.05, 0) is 58.7 Å². The van der Waals surface area contributed by atoms with Gasteiger partial charge >= 0.3 is 0 Å². The van der Waals surface area contributed by atoms with Crippen LogP contribution in [0.5, 0.6) is 0 Å². The highest BCUT2D eigenvalue weighted by Crippen LogP contribution is 2.39. The van der Waals surface area contributed by atoms with E-state index in [2.05, 4.69) is 132 Å². The smallest absolute Gasteiger partial charge is 0.137 e. The van der Waals surface area contributed by atoms with Crippen LogP contribution in [0.25, 0.3) is 71.7 Å². The normalized spacial score (nSPS) is 11.7. The van der Waals surface area contributed by atoms with E-state index in [0.29, 0.717) is 0 Å². The Kier molecular flexibility index (Phi) is 4.55. The summed E-state index contributed by atoms with van der Waals surface area (Å²) in [5.41, 5.74) is 10.2. The van der Waals surface area contributed by atoms with Gasteiger partial charge in [0.1, 0.15) is 11.2 Å². The number of rotatable bonds is 3. The van der Waals surface area contributed by atoms with E-state index < -0.39 is 0 Å². The molecule has 0 spiro atoms. The standard InChI is InChI=1S/C36H23NO/c1-2-10-24(11-3-1)25-12-8-13-26(22-25)27-20-21-29-28-14-4-6-16-31(28)37(33(29)23-27)32-17-9-19-35-36(32)30-15-5-7-18-34(30)38-35/h1-23H. The van der Waals surface area contributed by atoms with Gasteiger partial charge in [-0.1, -0.05) is 103 Å². The Morgan fingerprint density at radius 1 is 0.395 bits per heavy atom. The predicted octanol–water partition coefficient (Wildman–Crippen LogP) is 10.0.